The number of allylic oxidation sites excluding steroid dienone is 10. The lowest BCUT2D eigenvalue weighted by Gasteiger charge is -2.34. The topological polar surface area (TPSA) is 43.9 Å². The summed E-state index contributed by atoms with van der Waals surface area (Å²) in [6, 6.07) is 21.5. The molecule has 0 fully saturated rings. The van der Waals surface area contributed by atoms with Crippen LogP contribution in [-0.2, 0) is 5.41 Å². The Morgan fingerprint density at radius 3 is 2.41 bits per heavy atom. The van der Waals surface area contributed by atoms with Crippen LogP contribution in [0, 0.1) is 0 Å². The van der Waals surface area contributed by atoms with Crippen LogP contribution in [0.25, 0.3) is 67.5 Å². The number of hydrogen-bond acceptors (Lipinski definition) is 3. The van der Waals surface area contributed by atoms with Crippen LogP contribution in [0.3, 0.4) is 0 Å². The molecule has 3 aromatic heterocycles. The highest BCUT2D eigenvalue weighted by Crippen LogP contribution is 2.49. The molecule has 1 aliphatic heterocycles. The van der Waals surface area contributed by atoms with Gasteiger partial charge in [-0.25, -0.2) is 9.97 Å². The third-order valence-corrected chi connectivity index (χ3v) is 9.48. The molecular formula is C45H39N3O. The first-order valence-corrected chi connectivity index (χ1v) is 16.5. The highest BCUT2D eigenvalue weighted by atomic mass is 16.3. The Labute approximate surface area is 287 Å². The Hall–Kier alpha value is -6.00. The maximum atomic E-state index is 6.56. The molecule has 4 heterocycles. The standard InChI is InChI=1S/C45H39N3O/c1-9-17-30(18-10-2)41-32(19-11-3)37(13-5)46-43(47-41)28(6)26-29(12-4)31-24-25-38-36(27-31)45(7,8)35-22-16-21-34-40-33-20-14-15-23-39(33)49-44(40)48(38)42(34)35/h9-27H,1,4-6H2,2-3,7-8H3/b18-10-,19-11-,29-26+,30-17+. The van der Waals surface area contributed by atoms with E-state index in [0.717, 1.165) is 61.4 Å². The van der Waals surface area contributed by atoms with Crippen LogP contribution in [0.2, 0.25) is 0 Å². The van der Waals surface area contributed by atoms with Crippen molar-refractivity contribution in [2.75, 3.05) is 0 Å². The van der Waals surface area contributed by atoms with Crippen molar-refractivity contribution in [3.05, 3.63) is 169 Å². The van der Waals surface area contributed by atoms with Crippen molar-refractivity contribution >= 4 is 61.8 Å². The van der Waals surface area contributed by atoms with E-state index in [0.29, 0.717) is 11.4 Å². The zero-order chi connectivity index (χ0) is 34.4. The van der Waals surface area contributed by atoms with Crippen LogP contribution < -0.4 is 0 Å². The lowest BCUT2D eigenvalue weighted by atomic mass is 9.74. The Morgan fingerprint density at radius 1 is 0.878 bits per heavy atom. The van der Waals surface area contributed by atoms with Crippen molar-refractivity contribution in [1.82, 2.24) is 14.5 Å². The summed E-state index contributed by atoms with van der Waals surface area (Å²) < 4.78 is 8.86. The third kappa shape index (κ3) is 4.91. The van der Waals surface area contributed by atoms with Crippen LogP contribution in [0.4, 0.5) is 0 Å². The van der Waals surface area contributed by atoms with E-state index in [2.05, 4.69) is 93.3 Å². The van der Waals surface area contributed by atoms with Gasteiger partial charge < -0.3 is 4.42 Å². The molecule has 4 nitrogen and oxygen atoms in total. The minimum atomic E-state index is -0.268. The number of benzene rings is 3. The molecule has 0 unspecified atom stereocenters. The lowest BCUT2D eigenvalue weighted by Crippen LogP contribution is -2.26. The number of rotatable bonds is 9. The summed E-state index contributed by atoms with van der Waals surface area (Å²) in [4.78, 5) is 9.92. The summed E-state index contributed by atoms with van der Waals surface area (Å²) in [6.07, 6.45) is 17.4. The largest absolute Gasteiger partial charge is 0.439 e. The lowest BCUT2D eigenvalue weighted by molar-refractivity contribution is 0.612. The third-order valence-electron chi connectivity index (χ3n) is 9.48. The molecule has 0 saturated carbocycles. The first-order valence-electron chi connectivity index (χ1n) is 16.5. The second-order valence-electron chi connectivity index (χ2n) is 12.8. The Morgan fingerprint density at radius 2 is 1.67 bits per heavy atom. The van der Waals surface area contributed by atoms with E-state index >= 15 is 0 Å². The molecule has 6 aromatic rings. The average molecular weight is 638 g/mol. The normalized spacial score (nSPS) is 14.3. The van der Waals surface area contributed by atoms with E-state index in [9.17, 15) is 0 Å². The van der Waals surface area contributed by atoms with Crippen molar-refractivity contribution in [2.45, 2.75) is 33.1 Å². The van der Waals surface area contributed by atoms with Crippen molar-refractivity contribution in [2.24, 2.45) is 0 Å². The second kappa shape index (κ2) is 12.2. The van der Waals surface area contributed by atoms with E-state index in [1.54, 1.807) is 12.2 Å². The van der Waals surface area contributed by atoms with E-state index in [1.807, 2.05) is 68.5 Å². The van der Waals surface area contributed by atoms with Gasteiger partial charge in [-0.05, 0) is 66.5 Å². The summed E-state index contributed by atoms with van der Waals surface area (Å²) in [6.45, 7) is 25.2. The van der Waals surface area contributed by atoms with Gasteiger partial charge in [-0.15, -0.1) is 0 Å². The molecule has 49 heavy (non-hydrogen) atoms. The second-order valence-corrected chi connectivity index (χ2v) is 12.8. The monoisotopic (exact) mass is 637 g/mol. The SMILES string of the molecule is C=C/C=C(\C=C/C)c1nc(C(=C)/C=C(\C=C)c2ccc3c(c2)C(C)(C)c2cccc4c5c6ccccc6oc5n-3c24)nc(C=C)c1/C=C\C. The Bertz CT molecular complexity index is 2500. The predicted octanol–water partition coefficient (Wildman–Crippen LogP) is 12.1. The summed E-state index contributed by atoms with van der Waals surface area (Å²) in [5.74, 6) is 0.520. The number of furan rings is 1. The van der Waals surface area contributed by atoms with Crippen LogP contribution in [0.1, 0.15) is 67.2 Å². The molecule has 240 valence electrons. The molecule has 0 amide bonds. The molecule has 1 aliphatic rings. The van der Waals surface area contributed by atoms with Gasteiger partial charge in [-0.1, -0.05) is 125 Å². The fraction of sp³-hybridized carbons (Fsp3) is 0.111. The van der Waals surface area contributed by atoms with Gasteiger partial charge >= 0.3 is 0 Å². The van der Waals surface area contributed by atoms with E-state index in [4.69, 9.17) is 14.4 Å². The summed E-state index contributed by atoms with van der Waals surface area (Å²) in [5, 5.41) is 3.50. The molecule has 0 spiro atoms. The van der Waals surface area contributed by atoms with Gasteiger partial charge in [0.05, 0.1) is 28.0 Å². The molecule has 0 N–H and O–H groups in total. The van der Waals surface area contributed by atoms with Crippen LogP contribution >= 0.6 is 0 Å². The van der Waals surface area contributed by atoms with Gasteiger partial charge in [0.1, 0.15) is 5.58 Å². The molecular weight excluding hydrogens is 599 g/mol. The Balaban J connectivity index is 1.38. The number of fused-ring (bicyclic) bond motifs is 7. The highest BCUT2D eigenvalue weighted by Gasteiger charge is 2.36. The van der Waals surface area contributed by atoms with Crippen LogP contribution in [-0.4, -0.2) is 14.5 Å². The molecule has 0 saturated heterocycles. The number of hydrogen-bond donors (Lipinski definition) is 0. The number of nitrogens with zero attached hydrogens (tertiary/aromatic N) is 3. The predicted molar refractivity (Wildman–Crippen MR) is 210 cm³/mol. The molecule has 0 aliphatic carbocycles. The van der Waals surface area contributed by atoms with Gasteiger partial charge in [0.15, 0.2) is 5.82 Å². The van der Waals surface area contributed by atoms with Crippen LogP contribution in [0.5, 0.6) is 0 Å². The molecule has 4 heteroatoms. The smallest absolute Gasteiger partial charge is 0.213 e. The first-order chi connectivity index (χ1) is 23.8. The van der Waals surface area contributed by atoms with Crippen molar-refractivity contribution in [3.8, 4) is 5.69 Å². The molecule has 0 bridgehead atoms. The maximum Gasteiger partial charge on any atom is 0.213 e. The van der Waals surface area contributed by atoms with Gasteiger partial charge in [-0.3, -0.25) is 4.57 Å². The van der Waals surface area contributed by atoms with Crippen molar-refractivity contribution < 1.29 is 4.42 Å². The van der Waals surface area contributed by atoms with Crippen LogP contribution in [0.15, 0.2) is 134 Å². The summed E-state index contributed by atoms with van der Waals surface area (Å²) >= 11 is 0. The number of aromatic nitrogens is 3. The fourth-order valence-electron chi connectivity index (χ4n) is 7.20. The molecule has 0 radical (unpaired) electrons. The van der Waals surface area contributed by atoms with Gasteiger partial charge in [-0.2, -0.15) is 0 Å². The van der Waals surface area contributed by atoms with Gasteiger partial charge in [0.2, 0.25) is 5.71 Å². The molecule has 0 atom stereocenters. The Kier molecular flexibility index (Phi) is 7.88. The van der Waals surface area contributed by atoms with Crippen molar-refractivity contribution in [3.63, 3.8) is 0 Å². The van der Waals surface area contributed by atoms with E-state index in [-0.39, 0.29) is 5.41 Å². The van der Waals surface area contributed by atoms with Gasteiger partial charge in [0, 0.05) is 32.9 Å². The maximum absolute atomic E-state index is 6.56. The average Bonchev–Trinajstić information content (AvgIpc) is 3.64. The van der Waals surface area contributed by atoms with Crippen molar-refractivity contribution in [1.29, 1.82) is 0 Å². The highest BCUT2D eigenvalue weighted by molar-refractivity contribution is 6.21. The number of para-hydroxylation sites is 2. The van der Waals surface area contributed by atoms with E-state index < -0.39 is 0 Å². The minimum absolute atomic E-state index is 0.268. The minimum Gasteiger partial charge on any atom is -0.439 e. The first kappa shape index (κ1) is 31.6. The molecule has 3 aromatic carbocycles. The van der Waals surface area contributed by atoms with Gasteiger partial charge in [0.25, 0.3) is 0 Å². The zero-order valence-electron chi connectivity index (χ0n) is 28.5. The zero-order valence-corrected chi connectivity index (χ0v) is 28.5. The fourth-order valence-corrected chi connectivity index (χ4v) is 7.20. The quantitative estimate of drug-likeness (QED) is 0.148. The summed E-state index contributed by atoms with van der Waals surface area (Å²) in [7, 11) is 0. The molecule has 7 rings (SSSR count). The van der Waals surface area contributed by atoms with E-state index in [1.165, 1.54) is 22.0 Å². The summed E-state index contributed by atoms with van der Waals surface area (Å²) in [5.41, 5.74) is 12.2.